The van der Waals surface area contributed by atoms with E-state index in [0.29, 0.717) is 18.2 Å². The van der Waals surface area contributed by atoms with Gasteiger partial charge in [0.1, 0.15) is 0 Å². The summed E-state index contributed by atoms with van der Waals surface area (Å²) in [5.74, 6) is 0. The van der Waals surface area contributed by atoms with E-state index in [4.69, 9.17) is 0 Å². The van der Waals surface area contributed by atoms with Gasteiger partial charge in [-0.2, -0.15) is 0 Å². The summed E-state index contributed by atoms with van der Waals surface area (Å²) in [6.07, 6.45) is 0.597. The zero-order valence-corrected chi connectivity index (χ0v) is 12.7. The van der Waals surface area contributed by atoms with Crippen LogP contribution in [0.1, 0.15) is 25.3 Å². The number of aliphatic hydroxyl groups excluding tert-OH is 1. The summed E-state index contributed by atoms with van der Waals surface area (Å²) in [6, 6.07) is 6.69. The molecule has 4 nitrogen and oxygen atoms in total. The second-order valence-electron chi connectivity index (χ2n) is 4.03. The lowest BCUT2D eigenvalue weighted by Crippen LogP contribution is -2.27. The van der Waals surface area contributed by atoms with E-state index < -0.39 is 16.1 Å². The van der Waals surface area contributed by atoms with E-state index in [1.165, 1.54) is 0 Å². The van der Waals surface area contributed by atoms with Crippen molar-refractivity contribution in [2.45, 2.75) is 36.1 Å². The molecule has 0 aromatic heterocycles. The first kappa shape index (κ1) is 15.6. The topological polar surface area (TPSA) is 66.4 Å². The Kier molecular flexibility index (Phi) is 6.28. The quantitative estimate of drug-likeness (QED) is 0.749. The monoisotopic (exact) mass is 335 g/mol. The zero-order valence-electron chi connectivity index (χ0n) is 10.3. The van der Waals surface area contributed by atoms with Gasteiger partial charge in [-0.3, -0.25) is 0 Å². The molecule has 1 atom stereocenters. The van der Waals surface area contributed by atoms with Crippen LogP contribution in [-0.2, 0) is 15.4 Å². The molecule has 1 unspecified atom stereocenters. The summed E-state index contributed by atoms with van der Waals surface area (Å²) in [7, 11) is -3.47. The maximum Gasteiger partial charge on any atom is 0.240 e. The lowest BCUT2D eigenvalue weighted by Gasteiger charge is -2.09. The number of nitrogens with one attached hydrogen (secondary N) is 1. The van der Waals surface area contributed by atoms with Crippen LogP contribution in [0.25, 0.3) is 0 Å². The Labute approximate surface area is 117 Å². The predicted octanol–water partition coefficient (Wildman–Crippen LogP) is 2.02. The van der Waals surface area contributed by atoms with Gasteiger partial charge in [0.25, 0.3) is 0 Å². The second kappa shape index (κ2) is 7.23. The van der Waals surface area contributed by atoms with E-state index in [9.17, 15) is 13.5 Å². The third-order valence-electron chi connectivity index (χ3n) is 2.63. The SMILES string of the molecule is CCC(O)CCNS(=O)(=O)c1ccc(CBr)cc1. The maximum atomic E-state index is 11.9. The fraction of sp³-hybridized carbons (Fsp3) is 0.500. The van der Waals surface area contributed by atoms with Crippen molar-refractivity contribution in [1.82, 2.24) is 4.72 Å². The van der Waals surface area contributed by atoms with Gasteiger partial charge in [0, 0.05) is 11.9 Å². The third kappa shape index (κ3) is 4.68. The normalized spacial score (nSPS) is 13.5. The standard InChI is InChI=1S/C12H18BrNO3S/c1-2-11(15)7-8-14-18(16,17)12-5-3-10(9-13)4-6-12/h3-6,11,14-15H,2,7-9H2,1H3. The van der Waals surface area contributed by atoms with E-state index in [-0.39, 0.29) is 11.4 Å². The Morgan fingerprint density at radius 1 is 1.33 bits per heavy atom. The first-order valence-corrected chi connectivity index (χ1v) is 8.42. The van der Waals surface area contributed by atoms with Crippen LogP contribution in [-0.4, -0.2) is 26.2 Å². The Balaban J connectivity index is 2.62. The molecule has 0 fully saturated rings. The van der Waals surface area contributed by atoms with Crippen LogP contribution in [0.4, 0.5) is 0 Å². The van der Waals surface area contributed by atoms with E-state index in [1.807, 2.05) is 6.92 Å². The Morgan fingerprint density at radius 3 is 2.44 bits per heavy atom. The number of rotatable bonds is 7. The number of benzene rings is 1. The van der Waals surface area contributed by atoms with Gasteiger partial charge in [0.15, 0.2) is 0 Å². The van der Waals surface area contributed by atoms with Crippen molar-refractivity contribution in [3.8, 4) is 0 Å². The largest absolute Gasteiger partial charge is 0.393 e. The van der Waals surface area contributed by atoms with Crippen molar-refractivity contribution < 1.29 is 13.5 Å². The summed E-state index contributed by atoms with van der Waals surface area (Å²) in [6.45, 7) is 2.11. The van der Waals surface area contributed by atoms with Gasteiger partial charge in [-0.25, -0.2) is 13.1 Å². The number of hydrogen-bond donors (Lipinski definition) is 2. The van der Waals surface area contributed by atoms with Gasteiger partial charge in [-0.15, -0.1) is 0 Å². The molecule has 1 aromatic carbocycles. The highest BCUT2D eigenvalue weighted by Gasteiger charge is 2.13. The molecule has 1 rings (SSSR count). The highest BCUT2D eigenvalue weighted by molar-refractivity contribution is 9.08. The van der Waals surface area contributed by atoms with E-state index in [0.717, 1.165) is 5.56 Å². The van der Waals surface area contributed by atoms with Gasteiger partial charge in [0.05, 0.1) is 11.0 Å². The van der Waals surface area contributed by atoms with Gasteiger partial charge in [0.2, 0.25) is 10.0 Å². The Morgan fingerprint density at radius 2 is 1.94 bits per heavy atom. The molecule has 0 aliphatic heterocycles. The molecule has 18 heavy (non-hydrogen) atoms. The number of sulfonamides is 1. The Bertz CT molecular complexity index is 459. The average Bonchev–Trinajstić information content (AvgIpc) is 2.38. The minimum Gasteiger partial charge on any atom is -0.393 e. The summed E-state index contributed by atoms with van der Waals surface area (Å²) < 4.78 is 26.3. The summed E-state index contributed by atoms with van der Waals surface area (Å²) in [4.78, 5) is 0.248. The van der Waals surface area contributed by atoms with Crippen molar-refractivity contribution in [2.75, 3.05) is 6.54 Å². The predicted molar refractivity (Wildman–Crippen MR) is 75.2 cm³/mol. The molecule has 0 aliphatic rings. The van der Waals surface area contributed by atoms with Crippen LogP contribution >= 0.6 is 15.9 Å². The molecule has 0 aliphatic carbocycles. The molecule has 1 aromatic rings. The molecule has 0 radical (unpaired) electrons. The molecule has 0 spiro atoms. The van der Waals surface area contributed by atoms with E-state index in [2.05, 4.69) is 20.7 Å². The summed E-state index contributed by atoms with van der Waals surface area (Å²) >= 11 is 3.31. The number of halogens is 1. The van der Waals surface area contributed by atoms with Gasteiger partial charge in [-0.1, -0.05) is 35.0 Å². The highest BCUT2D eigenvalue weighted by Crippen LogP contribution is 2.12. The molecule has 0 saturated carbocycles. The number of aliphatic hydroxyl groups is 1. The molecule has 0 bridgehead atoms. The minimum atomic E-state index is -3.47. The van der Waals surface area contributed by atoms with Crippen molar-refractivity contribution >= 4 is 26.0 Å². The first-order valence-electron chi connectivity index (χ1n) is 5.82. The molecule has 6 heteroatoms. The minimum absolute atomic E-state index is 0.248. The molecular formula is C12H18BrNO3S. The molecular weight excluding hydrogens is 318 g/mol. The van der Waals surface area contributed by atoms with Crippen LogP contribution in [0.5, 0.6) is 0 Å². The van der Waals surface area contributed by atoms with Crippen molar-refractivity contribution in [1.29, 1.82) is 0 Å². The lowest BCUT2D eigenvalue weighted by molar-refractivity contribution is 0.162. The summed E-state index contributed by atoms with van der Waals surface area (Å²) in [5, 5.41) is 10.1. The lowest BCUT2D eigenvalue weighted by atomic mass is 10.2. The van der Waals surface area contributed by atoms with Crippen LogP contribution in [0.15, 0.2) is 29.2 Å². The average molecular weight is 336 g/mol. The molecule has 2 N–H and O–H groups in total. The van der Waals surface area contributed by atoms with Crippen LogP contribution in [0.3, 0.4) is 0 Å². The van der Waals surface area contributed by atoms with E-state index >= 15 is 0 Å². The van der Waals surface area contributed by atoms with Gasteiger partial charge in [-0.05, 0) is 30.5 Å². The van der Waals surface area contributed by atoms with Crippen LogP contribution in [0, 0.1) is 0 Å². The highest BCUT2D eigenvalue weighted by atomic mass is 79.9. The first-order chi connectivity index (χ1) is 8.49. The smallest absolute Gasteiger partial charge is 0.240 e. The van der Waals surface area contributed by atoms with Gasteiger partial charge >= 0.3 is 0 Å². The number of alkyl halides is 1. The molecule has 0 saturated heterocycles. The maximum absolute atomic E-state index is 11.9. The van der Waals surface area contributed by atoms with Crippen molar-refractivity contribution in [3.05, 3.63) is 29.8 Å². The zero-order chi connectivity index (χ0) is 13.6. The van der Waals surface area contributed by atoms with E-state index in [1.54, 1.807) is 24.3 Å². The fourth-order valence-electron chi connectivity index (χ4n) is 1.41. The molecule has 0 amide bonds. The number of hydrogen-bond acceptors (Lipinski definition) is 3. The van der Waals surface area contributed by atoms with Crippen molar-refractivity contribution in [2.24, 2.45) is 0 Å². The fourth-order valence-corrected chi connectivity index (χ4v) is 2.83. The van der Waals surface area contributed by atoms with Crippen molar-refractivity contribution in [3.63, 3.8) is 0 Å². The third-order valence-corrected chi connectivity index (χ3v) is 4.75. The Hall–Kier alpha value is -0.430. The summed E-state index contributed by atoms with van der Waals surface area (Å²) in [5.41, 5.74) is 1.02. The van der Waals surface area contributed by atoms with Crippen LogP contribution < -0.4 is 4.72 Å². The van der Waals surface area contributed by atoms with Gasteiger partial charge < -0.3 is 5.11 Å². The van der Waals surface area contributed by atoms with Crippen LogP contribution in [0.2, 0.25) is 0 Å². The molecule has 102 valence electrons. The second-order valence-corrected chi connectivity index (χ2v) is 6.35. The molecule has 0 heterocycles.